The second kappa shape index (κ2) is 3.07. The van der Waals surface area contributed by atoms with Crippen molar-refractivity contribution in [3.8, 4) is 0 Å². The molecule has 2 N–H and O–H groups in total. The van der Waals surface area contributed by atoms with Gasteiger partial charge < -0.3 is 4.98 Å². The molecule has 0 aliphatic rings. The molecule has 0 saturated heterocycles. The number of aromatic amines is 2. The largest absolute Gasteiger partial charge is 0.351 e. The Balaban J connectivity index is 2.72. The predicted octanol–water partition coefficient (Wildman–Crippen LogP) is 0.481. The summed E-state index contributed by atoms with van der Waals surface area (Å²) in [5.74, 6) is 0. The Labute approximate surface area is 94.9 Å². The number of benzene rings is 1. The number of H-pyrrole nitrogens is 2. The summed E-state index contributed by atoms with van der Waals surface area (Å²) in [7, 11) is 0. The number of rotatable bonds is 0. The van der Waals surface area contributed by atoms with Gasteiger partial charge in [-0.3, -0.25) is 0 Å². The van der Waals surface area contributed by atoms with Crippen molar-refractivity contribution in [2.24, 2.45) is 0 Å². The van der Waals surface area contributed by atoms with Crippen molar-refractivity contribution in [1.82, 2.24) is 19.6 Å². The van der Waals surface area contributed by atoms with Crippen molar-refractivity contribution in [1.29, 1.82) is 0 Å². The van der Waals surface area contributed by atoms with Gasteiger partial charge in [-0.05, 0) is 31.0 Å². The van der Waals surface area contributed by atoms with E-state index in [1.165, 1.54) is 0 Å². The molecule has 0 aliphatic heterocycles. The van der Waals surface area contributed by atoms with Crippen LogP contribution in [-0.2, 0) is 0 Å². The SMILES string of the molecule is Cc1ccc2c([nH]c(=O)n3c(=O)[nH]nc23)c1C. The molecule has 0 radical (unpaired) electrons. The van der Waals surface area contributed by atoms with Gasteiger partial charge in [0.25, 0.3) is 0 Å². The smallest absolute Gasteiger partial charge is 0.306 e. The standard InChI is InChI=1S/C11H10N4O2/c1-5-3-4-7-8(6(5)2)12-10(16)15-9(7)13-14-11(15)17/h3-4H,1-2H3,(H,12,16)(H,14,17). The number of aromatic nitrogens is 4. The minimum atomic E-state index is -0.527. The molecule has 0 bridgehead atoms. The molecule has 0 aliphatic carbocycles. The van der Waals surface area contributed by atoms with Crippen LogP contribution in [0, 0.1) is 13.8 Å². The number of nitrogens with zero attached hydrogens (tertiary/aromatic N) is 2. The summed E-state index contributed by atoms with van der Waals surface area (Å²) in [6, 6.07) is 3.79. The molecule has 1 aromatic carbocycles. The number of nitrogens with one attached hydrogen (secondary N) is 2. The average molecular weight is 230 g/mol. The average Bonchev–Trinajstić information content (AvgIpc) is 2.68. The number of fused-ring (bicyclic) bond motifs is 3. The summed E-state index contributed by atoms with van der Waals surface area (Å²) in [6.07, 6.45) is 0. The van der Waals surface area contributed by atoms with Crippen LogP contribution >= 0.6 is 0 Å². The highest BCUT2D eigenvalue weighted by Crippen LogP contribution is 2.20. The molecule has 2 heterocycles. The van der Waals surface area contributed by atoms with Gasteiger partial charge in [-0.2, -0.15) is 9.50 Å². The molecule has 0 amide bonds. The summed E-state index contributed by atoms with van der Waals surface area (Å²) in [5.41, 5.74) is 2.15. The number of aryl methyl sites for hydroxylation is 2. The van der Waals surface area contributed by atoms with E-state index in [-0.39, 0.29) is 0 Å². The molecule has 6 heteroatoms. The van der Waals surface area contributed by atoms with E-state index in [1.54, 1.807) is 0 Å². The van der Waals surface area contributed by atoms with Crippen molar-refractivity contribution < 1.29 is 0 Å². The van der Waals surface area contributed by atoms with Crippen molar-refractivity contribution in [3.05, 3.63) is 44.2 Å². The third-order valence-electron chi connectivity index (χ3n) is 3.08. The quantitative estimate of drug-likeness (QED) is 0.589. The van der Waals surface area contributed by atoms with E-state index < -0.39 is 11.4 Å². The van der Waals surface area contributed by atoms with Crippen LogP contribution in [0.5, 0.6) is 0 Å². The van der Waals surface area contributed by atoms with Crippen molar-refractivity contribution >= 4 is 16.6 Å². The number of hydrogen-bond acceptors (Lipinski definition) is 3. The van der Waals surface area contributed by atoms with Gasteiger partial charge >= 0.3 is 11.4 Å². The highest BCUT2D eigenvalue weighted by molar-refractivity contribution is 5.93. The van der Waals surface area contributed by atoms with Crippen LogP contribution in [0.2, 0.25) is 0 Å². The van der Waals surface area contributed by atoms with Crippen LogP contribution in [0.3, 0.4) is 0 Å². The minimum Gasteiger partial charge on any atom is -0.306 e. The Hall–Kier alpha value is -2.37. The molecule has 0 saturated carbocycles. The maximum atomic E-state index is 11.8. The molecular weight excluding hydrogens is 220 g/mol. The van der Waals surface area contributed by atoms with E-state index in [1.807, 2.05) is 26.0 Å². The van der Waals surface area contributed by atoms with E-state index in [9.17, 15) is 9.59 Å². The Bertz CT molecular complexity index is 853. The van der Waals surface area contributed by atoms with Gasteiger partial charge in [0, 0.05) is 5.39 Å². The van der Waals surface area contributed by atoms with E-state index in [0.29, 0.717) is 5.65 Å². The third kappa shape index (κ3) is 1.17. The Morgan fingerprint density at radius 2 is 1.94 bits per heavy atom. The second-order valence-corrected chi connectivity index (χ2v) is 4.05. The Kier molecular flexibility index (Phi) is 1.77. The molecule has 3 aromatic rings. The maximum Gasteiger partial charge on any atom is 0.351 e. The Morgan fingerprint density at radius 3 is 2.71 bits per heavy atom. The normalized spacial score (nSPS) is 11.4. The third-order valence-corrected chi connectivity index (χ3v) is 3.08. The van der Waals surface area contributed by atoms with Gasteiger partial charge in [-0.25, -0.2) is 14.7 Å². The first kappa shape index (κ1) is 9.83. The van der Waals surface area contributed by atoms with Gasteiger partial charge in [-0.15, -0.1) is 0 Å². The second-order valence-electron chi connectivity index (χ2n) is 4.05. The molecule has 0 unspecified atom stereocenters. The van der Waals surface area contributed by atoms with Crippen molar-refractivity contribution in [2.75, 3.05) is 0 Å². The van der Waals surface area contributed by atoms with E-state index in [0.717, 1.165) is 26.4 Å². The zero-order valence-electron chi connectivity index (χ0n) is 9.37. The predicted molar refractivity (Wildman–Crippen MR) is 63.4 cm³/mol. The van der Waals surface area contributed by atoms with Gasteiger partial charge in [-0.1, -0.05) is 6.07 Å². The fourth-order valence-corrected chi connectivity index (χ4v) is 1.99. The summed E-state index contributed by atoms with van der Waals surface area (Å²) in [5, 5.41) is 6.92. The highest BCUT2D eigenvalue weighted by atomic mass is 16.2. The van der Waals surface area contributed by atoms with Crippen molar-refractivity contribution in [2.45, 2.75) is 13.8 Å². The van der Waals surface area contributed by atoms with Crippen molar-refractivity contribution in [3.63, 3.8) is 0 Å². The molecule has 0 atom stereocenters. The molecule has 0 fully saturated rings. The summed E-state index contributed by atoms with van der Waals surface area (Å²) >= 11 is 0. The van der Waals surface area contributed by atoms with Crippen LogP contribution in [0.25, 0.3) is 16.6 Å². The van der Waals surface area contributed by atoms with Gasteiger partial charge in [0.15, 0.2) is 5.65 Å². The highest BCUT2D eigenvalue weighted by Gasteiger charge is 2.11. The molecule has 6 nitrogen and oxygen atoms in total. The van der Waals surface area contributed by atoms with Gasteiger partial charge in [0.2, 0.25) is 0 Å². The lowest BCUT2D eigenvalue weighted by atomic mass is 10.1. The maximum absolute atomic E-state index is 11.8. The van der Waals surface area contributed by atoms with Crippen LogP contribution in [0.15, 0.2) is 21.7 Å². The lowest BCUT2D eigenvalue weighted by Crippen LogP contribution is -2.26. The van der Waals surface area contributed by atoms with Crippen LogP contribution in [0.4, 0.5) is 0 Å². The molecule has 0 spiro atoms. The monoisotopic (exact) mass is 230 g/mol. The summed E-state index contributed by atoms with van der Waals surface area (Å²) < 4.78 is 0.997. The lowest BCUT2D eigenvalue weighted by Gasteiger charge is -2.05. The molecule has 86 valence electrons. The van der Waals surface area contributed by atoms with E-state index >= 15 is 0 Å². The first-order chi connectivity index (χ1) is 8.09. The zero-order chi connectivity index (χ0) is 12.2. The zero-order valence-corrected chi connectivity index (χ0v) is 9.37. The molecular formula is C11H10N4O2. The van der Waals surface area contributed by atoms with Crippen LogP contribution in [0.1, 0.15) is 11.1 Å². The minimum absolute atomic E-state index is 0.358. The van der Waals surface area contributed by atoms with Crippen LogP contribution < -0.4 is 11.4 Å². The van der Waals surface area contributed by atoms with Crippen LogP contribution in [-0.4, -0.2) is 19.6 Å². The number of hydrogen-bond donors (Lipinski definition) is 2. The first-order valence-electron chi connectivity index (χ1n) is 5.19. The summed E-state index contributed by atoms with van der Waals surface area (Å²) in [4.78, 5) is 25.9. The molecule has 2 aromatic heterocycles. The fraction of sp³-hybridized carbons (Fsp3) is 0.182. The van der Waals surface area contributed by atoms with E-state index in [4.69, 9.17) is 0 Å². The Morgan fingerprint density at radius 1 is 1.18 bits per heavy atom. The van der Waals surface area contributed by atoms with Gasteiger partial charge in [0.05, 0.1) is 5.52 Å². The lowest BCUT2D eigenvalue weighted by molar-refractivity contribution is 0.957. The van der Waals surface area contributed by atoms with E-state index in [2.05, 4.69) is 15.2 Å². The first-order valence-corrected chi connectivity index (χ1v) is 5.19. The van der Waals surface area contributed by atoms with Gasteiger partial charge in [0.1, 0.15) is 0 Å². The molecule has 17 heavy (non-hydrogen) atoms. The summed E-state index contributed by atoms with van der Waals surface area (Å²) in [6.45, 7) is 3.89. The fourth-order valence-electron chi connectivity index (χ4n) is 1.99. The topological polar surface area (TPSA) is 83.0 Å². The molecule has 3 rings (SSSR count).